The molecule has 4 N–H and O–H groups in total. The van der Waals surface area contributed by atoms with Crippen LogP contribution in [0.4, 0.5) is 5.82 Å². The van der Waals surface area contributed by atoms with Crippen molar-refractivity contribution in [2.24, 2.45) is 14.1 Å². The molecule has 0 unspecified atom stereocenters. The fraction of sp³-hybridized carbons (Fsp3) is 0.200. The highest BCUT2D eigenvalue weighted by Crippen LogP contribution is 2.35. The summed E-state index contributed by atoms with van der Waals surface area (Å²) in [5.74, 6) is -4.24. The van der Waals surface area contributed by atoms with Crippen LogP contribution in [0.15, 0.2) is 27.8 Å². The van der Waals surface area contributed by atoms with Gasteiger partial charge >= 0.3 is 11.7 Å². The van der Waals surface area contributed by atoms with Crippen molar-refractivity contribution in [3.8, 4) is 17.2 Å². The number of rotatable bonds is 4. The number of carbonyl (C=O) groups is 2. The number of carbonyl (C=O) groups excluding carboxylic acids is 2. The molecule has 0 radical (unpaired) electrons. The van der Waals surface area contributed by atoms with Gasteiger partial charge in [-0.05, 0) is 12.1 Å². The van der Waals surface area contributed by atoms with Crippen molar-refractivity contribution in [1.29, 1.82) is 0 Å². The van der Waals surface area contributed by atoms with Crippen LogP contribution in [-0.2, 0) is 23.6 Å². The molecule has 0 aliphatic rings. The highest BCUT2D eigenvalue weighted by molar-refractivity contribution is 5.95. The first-order valence-corrected chi connectivity index (χ1v) is 7.10. The molecule has 0 saturated heterocycles. The van der Waals surface area contributed by atoms with Gasteiger partial charge in [0, 0.05) is 20.2 Å². The van der Waals surface area contributed by atoms with E-state index in [9.17, 15) is 34.5 Å². The number of anilines is 1. The summed E-state index contributed by atoms with van der Waals surface area (Å²) < 4.78 is 6.58. The number of hydrogen-bond acceptors (Lipinski definition) is 8. The fourth-order valence-corrected chi connectivity index (χ4v) is 1.97. The standard InChI is InChI=1S/C15H15N3O8/c1-17-10(5-12(22)18(2)15(17)25)16-11(21)6-26-14(24)7-3-8(19)13(23)9(20)4-7/h3-5,19-20,23H,6H2,1-2H3,(H,16,21). The van der Waals surface area contributed by atoms with Crippen LogP contribution in [0.3, 0.4) is 0 Å². The summed E-state index contributed by atoms with van der Waals surface area (Å²) in [7, 11) is 2.62. The number of nitrogens with zero attached hydrogens (tertiary/aromatic N) is 2. The van der Waals surface area contributed by atoms with Crippen LogP contribution in [0.1, 0.15) is 10.4 Å². The number of phenolic OH excluding ortho intramolecular Hbond substituents is 3. The predicted molar refractivity (Wildman–Crippen MR) is 87.3 cm³/mol. The average molecular weight is 365 g/mol. The van der Waals surface area contributed by atoms with E-state index in [2.05, 4.69) is 5.32 Å². The molecule has 0 aliphatic carbocycles. The van der Waals surface area contributed by atoms with Gasteiger partial charge in [-0.3, -0.25) is 18.7 Å². The third-order valence-electron chi connectivity index (χ3n) is 3.43. The predicted octanol–water partition coefficient (Wildman–Crippen LogP) is -1.00. The van der Waals surface area contributed by atoms with E-state index < -0.39 is 47.0 Å². The normalized spacial score (nSPS) is 10.4. The monoisotopic (exact) mass is 365 g/mol. The average Bonchev–Trinajstić information content (AvgIpc) is 2.59. The minimum atomic E-state index is -1.05. The van der Waals surface area contributed by atoms with Crippen molar-refractivity contribution in [1.82, 2.24) is 9.13 Å². The highest BCUT2D eigenvalue weighted by atomic mass is 16.5. The summed E-state index contributed by atoms with van der Waals surface area (Å²) >= 11 is 0. The van der Waals surface area contributed by atoms with Crippen molar-refractivity contribution in [3.05, 3.63) is 44.6 Å². The molecule has 2 rings (SSSR count). The van der Waals surface area contributed by atoms with Crippen LogP contribution in [0.2, 0.25) is 0 Å². The molecule has 0 atom stereocenters. The second kappa shape index (κ2) is 7.01. The van der Waals surface area contributed by atoms with Gasteiger partial charge in [0.25, 0.3) is 11.5 Å². The van der Waals surface area contributed by atoms with E-state index in [1.807, 2.05) is 0 Å². The van der Waals surface area contributed by atoms with Crippen molar-refractivity contribution >= 4 is 17.7 Å². The number of amides is 1. The second-order valence-electron chi connectivity index (χ2n) is 5.26. The number of ether oxygens (including phenoxy) is 1. The van der Waals surface area contributed by atoms with Crippen LogP contribution in [0, 0.1) is 0 Å². The van der Waals surface area contributed by atoms with Gasteiger partial charge in [-0.25, -0.2) is 9.59 Å². The molecular weight excluding hydrogens is 350 g/mol. The number of benzene rings is 1. The molecule has 1 aromatic heterocycles. The molecule has 11 nitrogen and oxygen atoms in total. The lowest BCUT2D eigenvalue weighted by Crippen LogP contribution is -2.38. The lowest BCUT2D eigenvalue weighted by atomic mass is 10.2. The van der Waals surface area contributed by atoms with Crippen molar-refractivity contribution in [2.45, 2.75) is 0 Å². The fourth-order valence-electron chi connectivity index (χ4n) is 1.97. The molecule has 1 heterocycles. The molecule has 0 fully saturated rings. The Hall–Kier alpha value is -3.76. The maximum Gasteiger partial charge on any atom is 0.338 e. The molecular formula is C15H15N3O8. The van der Waals surface area contributed by atoms with E-state index in [0.29, 0.717) is 0 Å². The summed E-state index contributed by atoms with van der Waals surface area (Å²) in [6.07, 6.45) is 0. The maximum atomic E-state index is 11.8. The number of phenols is 3. The van der Waals surface area contributed by atoms with Gasteiger partial charge in [0.05, 0.1) is 5.56 Å². The smallest absolute Gasteiger partial charge is 0.338 e. The maximum absolute atomic E-state index is 11.8. The quantitative estimate of drug-likeness (QED) is 0.396. The van der Waals surface area contributed by atoms with Crippen molar-refractivity contribution in [2.75, 3.05) is 11.9 Å². The van der Waals surface area contributed by atoms with E-state index in [1.54, 1.807) is 0 Å². The molecule has 1 amide bonds. The molecule has 0 spiro atoms. The van der Waals surface area contributed by atoms with Crippen LogP contribution < -0.4 is 16.6 Å². The first-order chi connectivity index (χ1) is 12.1. The van der Waals surface area contributed by atoms with Gasteiger partial charge < -0.3 is 25.4 Å². The Labute approximate surface area is 145 Å². The third-order valence-corrected chi connectivity index (χ3v) is 3.43. The summed E-state index contributed by atoms with van der Waals surface area (Å²) in [6.45, 7) is -0.759. The van der Waals surface area contributed by atoms with Gasteiger partial charge in [-0.1, -0.05) is 0 Å². The van der Waals surface area contributed by atoms with E-state index >= 15 is 0 Å². The van der Waals surface area contributed by atoms with Gasteiger partial charge in [0.15, 0.2) is 23.9 Å². The molecule has 138 valence electrons. The SMILES string of the molecule is Cn1c(NC(=O)COC(=O)c2cc(O)c(O)c(O)c2)cc(=O)n(C)c1=O. The van der Waals surface area contributed by atoms with Crippen LogP contribution in [0.5, 0.6) is 17.2 Å². The minimum Gasteiger partial charge on any atom is -0.504 e. The van der Waals surface area contributed by atoms with Crippen molar-refractivity contribution < 1.29 is 29.6 Å². The summed E-state index contributed by atoms with van der Waals surface area (Å²) in [4.78, 5) is 47.0. The first-order valence-electron chi connectivity index (χ1n) is 7.10. The topological polar surface area (TPSA) is 160 Å². The van der Waals surface area contributed by atoms with Crippen LogP contribution in [0.25, 0.3) is 0 Å². The first kappa shape index (κ1) is 18.6. The van der Waals surface area contributed by atoms with Gasteiger partial charge in [0.1, 0.15) is 5.82 Å². The van der Waals surface area contributed by atoms with E-state index in [1.165, 1.54) is 14.1 Å². The molecule has 1 aromatic carbocycles. The number of esters is 1. The van der Waals surface area contributed by atoms with Gasteiger partial charge in [-0.15, -0.1) is 0 Å². The Kier molecular flexibility index (Phi) is 5.01. The van der Waals surface area contributed by atoms with E-state index in [0.717, 1.165) is 27.3 Å². The molecule has 26 heavy (non-hydrogen) atoms. The zero-order valence-corrected chi connectivity index (χ0v) is 13.7. The summed E-state index contributed by atoms with van der Waals surface area (Å²) in [5.41, 5.74) is -1.58. The molecule has 0 saturated carbocycles. The minimum absolute atomic E-state index is 0.0842. The largest absolute Gasteiger partial charge is 0.504 e. The van der Waals surface area contributed by atoms with Crippen LogP contribution >= 0.6 is 0 Å². The lowest BCUT2D eigenvalue weighted by molar-refractivity contribution is -0.119. The zero-order valence-electron chi connectivity index (χ0n) is 13.7. The van der Waals surface area contributed by atoms with Crippen molar-refractivity contribution in [3.63, 3.8) is 0 Å². The summed E-state index contributed by atoms with van der Waals surface area (Å²) in [5, 5.41) is 30.2. The lowest BCUT2D eigenvalue weighted by Gasteiger charge is -2.11. The van der Waals surface area contributed by atoms with Gasteiger partial charge in [-0.2, -0.15) is 0 Å². The number of aromatic nitrogens is 2. The molecule has 0 bridgehead atoms. The second-order valence-corrected chi connectivity index (χ2v) is 5.26. The molecule has 2 aromatic rings. The molecule has 0 aliphatic heterocycles. The third kappa shape index (κ3) is 3.66. The van der Waals surface area contributed by atoms with Gasteiger partial charge in [0.2, 0.25) is 0 Å². The Morgan fingerprint density at radius 1 is 1.04 bits per heavy atom. The number of hydrogen-bond donors (Lipinski definition) is 4. The number of aromatic hydroxyl groups is 3. The number of nitrogens with one attached hydrogen (secondary N) is 1. The van der Waals surface area contributed by atoms with E-state index in [4.69, 9.17) is 4.74 Å². The Morgan fingerprint density at radius 2 is 1.62 bits per heavy atom. The Bertz CT molecular complexity index is 982. The highest BCUT2D eigenvalue weighted by Gasteiger charge is 2.16. The van der Waals surface area contributed by atoms with E-state index in [-0.39, 0.29) is 11.4 Å². The molecule has 11 heteroatoms. The Morgan fingerprint density at radius 3 is 2.19 bits per heavy atom. The Balaban J connectivity index is 2.07. The van der Waals surface area contributed by atoms with Crippen LogP contribution in [-0.4, -0.2) is 42.9 Å². The zero-order chi connectivity index (χ0) is 19.6. The summed E-state index contributed by atoms with van der Waals surface area (Å²) in [6, 6.07) is 2.72.